The van der Waals surface area contributed by atoms with Crippen LogP contribution in [-0.4, -0.2) is 15.8 Å². The second-order valence-corrected chi connectivity index (χ2v) is 8.60. The maximum atomic E-state index is 12.4. The molecule has 0 unspecified atom stereocenters. The van der Waals surface area contributed by atoms with Gasteiger partial charge in [0.2, 0.25) is 0 Å². The molecule has 3 nitrogen and oxygen atoms in total. The molecule has 1 heterocycles. The predicted octanol–water partition coefficient (Wildman–Crippen LogP) is 5.96. The highest BCUT2D eigenvalue weighted by Gasteiger charge is 2.24. The van der Waals surface area contributed by atoms with Crippen molar-refractivity contribution in [1.82, 2.24) is 9.97 Å². The number of benzene rings is 2. The fourth-order valence-corrected chi connectivity index (χ4v) is 5.40. The zero-order valence-electron chi connectivity index (χ0n) is 16.3. The van der Waals surface area contributed by atoms with Gasteiger partial charge < -0.3 is 4.98 Å². The smallest absolute Gasteiger partial charge is 0.163 e. The molecule has 0 fully saturated rings. The van der Waals surface area contributed by atoms with E-state index in [-0.39, 0.29) is 5.25 Å². The van der Waals surface area contributed by atoms with E-state index >= 15 is 0 Å². The molecule has 1 atom stereocenters. The maximum Gasteiger partial charge on any atom is 0.163 e. The summed E-state index contributed by atoms with van der Waals surface area (Å²) in [4.78, 5) is 21.4. The highest BCUT2D eigenvalue weighted by atomic mass is 32.2. The normalized spacial score (nSPS) is 14.7. The molecule has 28 heavy (non-hydrogen) atoms. The molecule has 1 N–H and O–H groups in total. The number of nitrogens with zero attached hydrogens (tertiary/aromatic N) is 1. The van der Waals surface area contributed by atoms with Crippen molar-refractivity contribution in [3.05, 3.63) is 82.9 Å². The molecule has 1 aliphatic rings. The van der Waals surface area contributed by atoms with Crippen molar-refractivity contribution < 1.29 is 4.79 Å². The van der Waals surface area contributed by atoms with Crippen LogP contribution in [0.25, 0.3) is 0 Å². The van der Waals surface area contributed by atoms with Gasteiger partial charge in [0.15, 0.2) is 5.78 Å². The number of imidazole rings is 1. The van der Waals surface area contributed by atoms with Crippen LogP contribution in [0.4, 0.5) is 0 Å². The number of carbonyl (C=O) groups is 1. The largest absolute Gasteiger partial charge is 0.349 e. The third-order valence-electron chi connectivity index (χ3n) is 5.39. The number of aromatic amines is 1. The molecule has 0 amide bonds. The maximum absolute atomic E-state index is 12.4. The number of H-pyrrole nitrogens is 1. The molecule has 0 aliphatic heterocycles. The Hall–Kier alpha value is -2.33. The van der Waals surface area contributed by atoms with Gasteiger partial charge in [-0.1, -0.05) is 49.7 Å². The molecule has 0 saturated heterocycles. The summed E-state index contributed by atoms with van der Waals surface area (Å²) in [5.41, 5.74) is 4.95. The average molecular weight is 391 g/mol. The molecular weight excluding hydrogens is 364 g/mol. The molecule has 0 saturated carbocycles. The van der Waals surface area contributed by atoms with Crippen LogP contribution in [0.5, 0.6) is 0 Å². The number of nitrogens with one attached hydrogen (secondary N) is 1. The summed E-state index contributed by atoms with van der Waals surface area (Å²) >= 11 is 1.91. The van der Waals surface area contributed by atoms with Crippen LogP contribution in [0.2, 0.25) is 0 Å². The lowest BCUT2D eigenvalue weighted by Gasteiger charge is -2.24. The van der Waals surface area contributed by atoms with Crippen molar-refractivity contribution in [2.45, 2.75) is 55.6 Å². The van der Waals surface area contributed by atoms with Crippen LogP contribution < -0.4 is 0 Å². The Morgan fingerprint density at radius 2 is 2.00 bits per heavy atom. The van der Waals surface area contributed by atoms with Crippen LogP contribution in [0.15, 0.2) is 59.8 Å². The summed E-state index contributed by atoms with van der Waals surface area (Å²) < 4.78 is 0. The molecule has 0 radical (unpaired) electrons. The van der Waals surface area contributed by atoms with Crippen LogP contribution in [-0.2, 0) is 19.3 Å². The predicted molar refractivity (Wildman–Crippen MR) is 115 cm³/mol. The first kappa shape index (κ1) is 19.0. The summed E-state index contributed by atoms with van der Waals surface area (Å²) in [6.07, 6.45) is 9.36. The number of rotatable bonds is 7. The first-order valence-electron chi connectivity index (χ1n) is 10.1. The van der Waals surface area contributed by atoms with Crippen molar-refractivity contribution in [2.75, 3.05) is 0 Å². The van der Waals surface area contributed by atoms with Gasteiger partial charge in [-0.15, -0.1) is 11.8 Å². The summed E-state index contributed by atoms with van der Waals surface area (Å²) in [7, 11) is 0. The number of fused-ring (bicyclic) bond motifs is 1. The first-order valence-corrected chi connectivity index (χ1v) is 11.0. The van der Waals surface area contributed by atoms with E-state index in [1.54, 1.807) is 0 Å². The summed E-state index contributed by atoms with van der Waals surface area (Å²) in [5, 5.41) is 0.278. The van der Waals surface area contributed by atoms with Gasteiger partial charge in [0.1, 0.15) is 5.82 Å². The zero-order chi connectivity index (χ0) is 19.3. The number of hydrogen-bond acceptors (Lipinski definition) is 3. The van der Waals surface area contributed by atoms with Gasteiger partial charge in [-0.3, -0.25) is 4.79 Å². The van der Waals surface area contributed by atoms with Crippen molar-refractivity contribution >= 4 is 17.5 Å². The Labute approximate surface area is 171 Å². The lowest BCUT2D eigenvalue weighted by Crippen LogP contribution is -2.14. The Morgan fingerprint density at radius 1 is 1.14 bits per heavy atom. The van der Waals surface area contributed by atoms with Crippen molar-refractivity contribution in [1.29, 1.82) is 0 Å². The first-order chi connectivity index (χ1) is 13.8. The quantitative estimate of drug-likeness (QED) is 0.507. The topological polar surface area (TPSA) is 45.8 Å². The van der Waals surface area contributed by atoms with Gasteiger partial charge in [-0.25, -0.2) is 4.98 Å². The number of Topliss-reactive ketones (excluding diaryl/α,β-unsaturated/α-hetero) is 1. The molecule has 1 aromatic heterocycles. The monoisotopic (exact) mass is 390 g/mol. The molecule has 3 aromatic rings. The summed E-state index contributed by atoms with van der Waals surface area (Å²) in [6, 6.07) is 14.9. The molecule has 4 rings (SSSR count). The summed E-state index contributed by atoms with van der Waals surface area (Å²) in [6.45, 7) is 2.22. The highest BCUT2D eigenvalue weighted by molar-refractivity contribution is 7.99. The van der Waals surface area contributed by atoms with Crippen LogP contribution in [0.3, 0.4) is 0 Å². The van der Waals surface area contributed by atoms with Gasteiger partial charge in [-0.2, -0.15) is 0 Å². The SMILES string of the molecule is CCCc1c(S[C@@H](Cc2ncc[nH]2)c2ccccc2)ccc2c1CCCC2=O. The molecule has 144 valence electrons. The van der Waals surface area contributed by atoms with Crippen LogP contribution in [0, 0.1) is 0 Å². The lowest BCUT2D eigenvalue weighted by atomic mass is 9.86. The minimum absolute atomic E-state index is 0.278. The number of carbonyl (C=O) groups excluding carboxylic acids is 1. The van der Waals surface area contributed by atoms with E-state index < -0.39 is 0 Å². The van der Waals surface area contributed by atoms with Gasteiger partial charge in [-0.05, 0) is 42.0 Å². The Morgan fingerprint density at radius 3 is 2.75 bits per heavy atom. The minimum atomic E-state index is 0.278. The highest BCUT2D eigenvalue weighted by Crippen LogP contribution is 2.41. The second kappa shape index (κ2) is 8.78. The van der Waals surface area contributed by atoms with E-state index in [0.717, 1.165) is 43.5 Å². The molecule has 4 heteroatoms. The second-order valence-electron chi connectivity index (χ2n) is 7.35. The van der Waals surface area contributed by atoms with Gasteiger partial charge >= 0.3 is 0 Å². The van der Waals surface area contributed by atoms with Crippen molar-refractivity contribution in [3.63, 3.8) is 0 Å². The lowest BCUT2D eigenvalue weighted by molar-refractivity contribution is 0.0972. The van der Waals surface area contributed by atoms with Crippen molar-refractivity contribution in [2.24, 2.45) is 0 Å². The van der Waals surface area contributed by atoms with Gasteiger partial charge in [0.05, 0.1) is 0 Å². The van der Waals surface area contributed by atoms with Crippen molar-refractivity contribution in [3.8, 4) is 0 Å². The zero-order valence-corrected chi connectivity index (χ0v) is 17.1. The third-order valence-corrected chi connectivity index (χ3v) is 6.75. The molecule has 0 bridgehead atoms. The van der Waals surface area contributed by atoms with E-state index in [9.17, 15) is 4.79 Å². The van der Waals surface area contributed by atoms with E-state index in [4.69, 9.17) is 0 Å². The molecular formula is C24H26N2OS. The molecule has 0 spiro atoms. The number of aromatic nitrogens is 2. The van der Waals surface area contributed by atoms with Gasteiger partial charge in [0.25, 0.3) is 0 Å². The number of hydrogen-bond donors (Lipinski definition) is 1. The van der Waals surface area contributed by atoms with E-state index in [1.807, 2.05) is 24.2 Å². The van der Waals surface area contributed by atoms with E-state index in [2.05, 4.69) is 59.4 Å². The number of ketones is 1. The molecule has 2 aromatic carbocycles. The van der Waals surface area contributed by atoms with E-state index in [0.29, 0.717) is 12.2 Å². The Balaban J connectivity index is 1.70. The molecule has 1 aliphatic carbocycles. The fourth-order valence-electron chi connectivity index (χ4n) is 4.05. The Bertz CT molecular complexity index is 935. The average Bonchev–Trinajstić information content (AvgIpc) is 3.23. The van der Waals surface area contributed by atoms with Gasteiger partial charge in [0, 0.05) is 40.9 Å². The van der Waals surface area contributed by atoms with Crippen LogP contribution >= 0.6 is 11.8 Å². The fraction of sp³-hybridized carbons (Fsp3) is 0.333. The summed E-state index contributed by atoms with van der Waals surface area (Å²) in [5.74, 6) is 1.32. The minimum Gasteiger partial charge on any atom is -0.349 e. The third kappa shape index (κ3) is 4.07. The van der Waals surface area contributed by atoms with Crippen LogP contribution in [0.1, 0.15) is 64.3 Å². The standard InChI is InChI=1S/C24H26N2OS/c1-2-7-20-18-10-6-11-21(27)19(18)12-13-22(20)28-23(16-24-25-14-15-26-24)17-8-4-3-5-9-17/h3-5,8-9,12-15,23H,2,6-7,10-11,16H2,1H3,(H,25,26)/t23-/m0/s1. The number of thioether (sulfide) groups is 1. The Kier molecular flexibility index (Phi) is 5.96. The van der Waals surface area contributed by atoms with E-state index in [1.165, 1.54) is 21.6 Å².